The molecule has 0 radical (unpaired) electrons. The van der Waals surface area contributed by atoms with Crippen LogP contribution >= 0.6 is 0 Å². The number of nitrogens with zero attached hydrogens (tertiary/aromatic N) is 1. The minimum Gasteiger partial charge on any atom is -0.302 e. The van der Waals surface area contributed by atoms with Crippen molar-refractivity contribution in [2.75, 3.05) is 0 Å². The van der Waals surface area contributed by atoms with E-state index in [9.17, 15) is 8.42 Å². The summed E-state index contributed by atoms with van der Waals surface area (Å²) in [7, 11) is -3.64. The molecule has 2 rings (SSSR count). The second-order valence-electron chi connectivity index (χ2n) is 4.98. The molecule has 0 amide bonds. The highest BCUT2D eigenvalue weighted by Crippen LogP contribution is 2.19. The quantitative estimate of drug-likeness (QED) is 0.886. The number of primary sulfonamides is 1. The molecule has 0 saturated heterocycles. The number of aromatic nitrogens is 1. The molecule has 6 heteroatoms. The van der Waals surface area contributed by atoms with E-state index in [-0.39, 0.29) is 17.0 Å². The summed E-state index contributed by atoms with van der Waals surface area (Å²) in [5, 5.41) is 8.52. The Kier molecular flexibility index (Phi) is 4.72. The van der Waals surface area contributed by atoms with Gasteiger partial charge in [-0.05, 0) is 43.7 Å². The van der Waals surface area contributed by atoms with Gasteiger partial charge in [0.2, 0.25) is 10.0 Å². The van der Waals surface area contributed by atoms with Gasteiger partial charge in [-0.3, -0.25) is 4.98 Å². The van der Waals surface area contributed by atoms with E-state index in [1.807, 2.05) is 32.0 Å². The lowest BCUT2D eigenvalue weighted by atomic mass is 10.1. The van der Waals surface area contributed by atoms with Gasteiger partial charge in [0.05, 0.1) is 10.6 Å². The fraction of sp³-hybridized carbons (Fsp3) is 0.267. The normalized spacial score (nSPS) is 14.6. The van der Waals surface area contributed by atoms with E-state index in [0.717, 1.165) is 11.3 Å². The zero-order valence-corrected chi connectivity index (χ0v) is 12.8. The van der Waals surface area contributed by atoms with Gasteiger partial charge in [0.15, 0.2) is 0 Å². The minimum absolute atomic E-state index is 0.0662. The van der Waals surface area contributed by atoms with Crippen LogP contribution in [0.15, 0.2) is 53.6 Å². The van der Waals surface area contributed by atoms with E-state index in [0.29, 0.717) is 0 Å². The van der Waals surface area contributed by atoms with Gasteiger partial charge in [-0.2, -0.15) is 0 Å². The van der Waals surface area contributed by atoms with E-state index in [4.69, 9.17) is 5.14 Å². The third kappa shape index (κ3) is 4.10. The van der Waals surface area contributed by atoms with Crippen LogP contribution in [0.4, 0.5) is 0 Å². The van der Waals surface area contributed by atoms with E-state index in [1.165, 1.54) is 12.1 Å². The summed E-state index contributed by atoms with van der Waals surface area (Å²) < 4.78 is 22.5. The highest BCUT2D eigenvalue weighted by molar-refractivity contribution is 7.89. The summed E-state index contributed by atoms with van der Waals surface area (Å²) in [6.07, 6.45) is 1.76. The fourth-order valence-electron chi connectivity index (χ4n) is 2.13. The molecular weight excluding hydrogens is 286 g/mol. The Labute approximate surface area is 125 Å². The maximum Gasteiger partial charge on any atom is 0.238 e. The van der Waals surface area contributed by atoms with Gasteiger partial charge >= 0.3 is 0 Å². The fourth-order valence-corrected chi connectivity index (χ4v) is 2.65. The number of hydrogen-bond donors (Lipinski definition) is 2. The first-order valence-corrected chi connectivity index (χ1v) is 8.22. The average molecular weight is 305 g/mol. The molecule has 0 aliphatic rings. The van der Waals surface area contributed by atoms with Gasteiger partial charge in [0.1, 0.15) is 0 Å². The monoisotopic (exact) mass is 305 g/mol. The molecule has 2 atom stereocenters. The molecule has 1 aromatic carbocycles. The van der Waals surface area contributed by atoms with Crippen LogP contribution in [0.3, 0.4) is 0 Å². The second kappa shape index (κ2) is 6.34. The predicted molar refractivity (Wildman–Crippen MR) is 82.0 cm³/mol. The largest absolute Gasteiger partial charge is 0.302 e. The Hall–Kier alpha value is -1.76. The molecule has 0 bridgehead atoms. The summed E-state index contributed by atoms with van der Waals surface area (Å²) in [4.78, 5) is 4.43. The number of nitrogens with two attached hydrogens (primary N) is 1. The lowest BCUT2D eigenvalue weighted by Gasteiger charge is -2.20. The van der Waals surface area contributed by atoms with Crippen LogP contribution < -0.4 is 10.5 Å². The maximum absolute atomic E-state index is 11.2. The van der Waals surface area contributed by atoms with Crippen molar-refractivity contribution in [3.05, 3.63) is 59.9 Å². The lowest BCUT2D eigenvalue weighted by molar-refractivity contribution is 0.486. The van der Waals surface area contributed by atoms with Gasteiger partial charge in [0, 0.05) is 18.3 Å². The molecule has 0 aliphatic heterocycles. The molecule has 2 unspecified atom stereocenters. The summed E-state index contributed by atoms with van der Waals surface area (Å²) in [5.41, 5.74) is 1.95. The topological polar surface area (TPSA) is 85.1 Å². The Morgan fingerprint density at radius 1 is 1.05 bits per heavy atom. The van der Waals surface area contributed by atoms with E-state index >= 15 is 0 Å². The number of nitrogens with one attached hydrogen (secondary N) is 1. The van der Waals surface area contributed by atoms with Gasteiger partial charge in [-0.15, -0.1) is 0 Å². The molecule has 21 heavy (non-hydrogen) atoms. The molecule has 1 aromatic heterocycles. The van der Waals surface area contributed by atoms with Crippen molar-refractivity contribution in [3.8, 4) is 0 Å². The molecule has 0 spiro atoms. The van der Waals surface area contributed by atoms with Crippen LogP contribution in [0.25, 0.3) is 0 Å². The Morgan fingerprint density at radius 3 is 2.24 bits per heavy atom. The Morgan fingerprint density at radius 2 is 1.71 bits per heavy atom. The predicted octanol–water partition coefficient (Wildman–Crippen LogP) is 2.14. The third-order valence-electron chi connectivity index (χ3n) is 3.34. The molecule has 1 heterocycles. The molecule has 2 aromatic rings. The summed E-state index contributed by atoms with van der Waals surface area (Å²) >= 11 is 0. The van der Waals surface area contributed by atoms with Crippen LogP contribution in [-0.2, 0) is 10.0 Å². The van der Waals surface area contributed by atoms with Crippen molar-refractivity contribution in [2.24, 2.45) is 5.14 Å². The molecule has 112 valence electrons. The van der Waals surface area contributed by atoms with Gasteiger partial charge < -0.3 is 5.32 Å². The third-order valence-corrected chi connectivity index (χ3v) is 4.27. The van der Waals surface area contributed by atoms with Crippen molar-refractivity contribution >= 4 is 10.0 Å². The van der Waals surface area contributed by atoms with Crippen LogP contribution in [-0.4, -0.2) is 13.4 Å². The van der Waals surface area contributed by atoms with Crippen molar-refractivity contribution in [1.29, 1.82) is 0 Å². The maximum atomic E-state index is 11.2. The standard InChI is InChI=1S/C15H19N3O2S/c1-11(18-12(2)15-5-3-4-10-17-15)13-6-8-14(9-7-13)21(16,19)20/h3-12,18H,1-2H3,(H2,16,19,20). The van der Waals surface area contributed by atoms with Crippen molar-refractivity contribution in [3.63, 3.8) is 0 Å². The highest BCUT2D eigenvalue weighted by Gasteiger charge is 2.13. The summed E-state index contributed by atoms with van der Waals surface area (Å²) in [5.74, 6) is 0. The van der Waals surface area contributed by atoms with E-state index in [1.54, 1.807) is 18.3 Å². The van der Waals surface area contributed by atoms with Gasteiger partial charge in [0.25, 0.3) is 0 Å². The Bertz CT molecular complexity index is 685. The van der Waals surface area contributed by atoms with E-state index in [2.05, 4.69) is 10.3 Å². The SMILES string of the molecule is CC(NC(C)c1ccccn1)c1ccc(S(N)(=O)=O)cc1. The number of benzene rings is 1. The van der Waals surface area contributed by atoms with Crippen molar-refractivity contribution < 1.29 is 8.42 Å². The first-order valence-electron chi connectivity index (χ1n) is 6.67. The molecular formula is C15H19N3O2S. The van der Waals surface area contributed by atoms with Crippen LogP contribution in [0, 0.1) is 0 Å². The molecule has 0 aliphatic carbocycles. The van der Waals surface area contributed by atoms with Gasteiger partial charge in [-0.1, -0.05) is 18.2 Å². The number of rotatable bonds is 5. The summed E-state index contributed by atoms with van der Waals surface area (Å²) in [6.45, 7) is 4.06. The molecule has 0 fully saturated rings. The van der Waals surface area contributed by atoms with E-state index < -0.39 is 10.0 Å². The zero-order chi connectivity index (χ0) is 15.5. The van der Waals surface area contributed by atoms with Crippen molar-refractivity contribution in [2.45, 2.75) is 30.8 Å². The molecule has 3 N–H and O–H groups in total. The average Bonchev–Trinajstić information content (AvgIpc) is 2.47. The number of hydrogen-bond acceptors (Lipinski definition) is 4. The van der Waals surface area contributed by atoms with Crippen LogP contribution in [0.5, 0.6) is 0 Å². The first kappa shape index (κ1) is 15.6. The lowest BCUT2D eigenvalue weighted by Crippen LogP contribution is -2.23. The number of sulfonamides is 1. The van der Waals surface area contributed by atoms with Gasteiger partial charge in [-0.25, -0.2) is 13.6 Å². The molecule has 0 saturated carbocycles. The van der Waals surface area contributed by atoms with Crippen LogP contribution in [0.1, 0.15) is 37.2 Å². The molecule has 5 nitrogen and oxygen atoms in total. The minimum atomic E-state index is -3.64. The van der Waals surface area contributed by atoms with Crippen molar-refractivity contribution in [1.82, 2.24) is 10.3 Å². The highest BCUT2D eigenvalue weighted by atomic mass is 32.2. The zero-order valence-electron chi connectivity index (χ0n) is 12.0. The second-order valence-corrected chi connectivity index (χ2v) is 6.54. The number of pyridine rings is 1. The Balaban J connectivity index is 2.08. The van der Waals surface area contributed by atoms with Crippen LogP contribution in [0.2, 0.25) is 0 Å². The summed E-state index contributed by atoms with van der Waals surface area (Å²) in [6, 6.07) is 12.5. The smallest absolute Gasteiger partial charge is 0.238 e. The first-order chi connectivity index (χ1) is 9.88.